The van der Waals surface area contributed by atoms with Crippen LogP contribution in [0.5, 0.6) is 0 Å². The van der Waals surface area contributed by atoms with Crippen molar-refractivity contribution in [2.75, 3.05) is 18.4 Å². The molecule has 0 amide bonds. The SMILES string of the molecule is NC(=S)C(c1ccc(Cl)cc1)c1ccc([N+](=O)[O-])c(NC2CCN(S(=O)(=O)C(F)(F)F)CC2)c1. The Morgan fingerprint density at radius 2 is 1.74 bits per heavy atom. The van der Waals surface area contributed by atoms with Gasteiger partial charge in [0.15, 0.2) is 0 Å². The number of benzene rings is 2. The zero-order valence-electron chi connectivity index (χ0n) is 17.5. The van der Waals surface area contributed by atoms with E-state index in [2.05, 4.69) is 5.32 Å². The summed E-state index contributed by atoms with van der Waals surface area (Å²) in [4.78, 5) is 11.1. The highest BCUT2D eigenvalue weighted by Crippen LogP contribution is 2.35. The van der Waals surface area contributed by atoms with Crippen molar-refractivity contribution >= 4 is 50.2 Å². The van der Waals surface area contributed by atoms with E-state index in [4.69, 9.17) is 29.6 Å². The third kappa shape index (κ3) is 5.59. The van der Waals surface area contributed by atoms with Crippen LogP contribution in [0.25, 0.3) is 0 Å². The Morgan fingerprint density at radius 1 is 1.18 bits per heavy atom. The second-order valence-electron chi connectivity index (χ2n) is 7.69. The molecule has 34 heavy (non-hydrogen) atoms. The fraction of sp³-hybridized carbons (Fsp3) is 0.350. The quantitative estimate of drug-likeness (QED) is 0.306. The molecule has 1 atom stereocenters. The average Bonchev–Trinajstić information content (AvgIpc) is 2.74. The van der Waals surface area contributed by atoms with Crippen molar-refractivity contribution in [1.82, 2.24) is 4.31 Å². The fourth-order valence-corrected chi connectivity index (χ4v) is 5.17. The van der Waals surface area contributed by atoms with Crippen molar-refractivity contribution in [3.63, 3.8) is 0 Å². The van der Waals surface area contributed by atoms with Crippen LogP contribution in [0.1, 0.15) is 29.9 Å². The first kappa shape index (κ1) is 26.1. The minimum absolute atomic E-state index is 0.0343. The number of nitro benzene ring substituents is 1. The number of rotatable bonds is 7. The van der Waals surface area contributed by atoms with Crippen LogP contribution >= 0.6 is 23.8 Å². The maximum Gasteiger partial charge on any atom is 0.511 e. The molecule has 1 fully saturated rings. The molecule has 184 valence electrons. The number of anilines is 1. The Bertz CT molecular complexity index is 1190. The van der Waals surface area contributed by atoms with E-state index >= 15 is 0 Å². The summed E-state index contributed by atoms with van der Waals surface area (Å²) in [5, 5.41) is 15.1. The number of nitrogens with two attached hydrogens (primary N) is 1. The van der Waals surface area contributed by atoms with E-state index in [-0.39, 0.29) is 42.3 Å². The molecule has 0 saturated carbocycles. The lowest BCUT2D eigenvalue weighted by molar-refractivity contribution is -0.384. The van der Waals surface area contributed by atoms with Crippen LogP contribution in [0.3, 0.4) is 0 Å². The fourth-order valence-electron chi connectivity index (χ4n) is 3.79. The number of thiocarbonyl (C=S) groups is 1. The van der Waals surface area contributed by atoms with E-state index in [1.165, 1.54) is 18.2 Å². The maximum atomic E-state index is 12.8. The number of hydrogen-bond acceptors (Lipinski definition) is 6. The summed E-state index contributed by atoms with van der Waals surface area (Å²) in [6, 6.07) is 10.7. The van der Waals surface area contributed by atoms with E-state index in [1.807, 2.05) is 0 Å². The van der Waals surface area contributed by atoms with Crippen molar-refractivity contribution in [1.29, 1.82) is 0 Å². The predicted molar refractivity (Wildman–Crippen MR) is 126 cm³/mol. The summed E-state index contributed by atoms with van der Waals surface area (Å²) < 4.78 is 62.0. The van der Waals surface area contributed by atoms with Gasteiger partial charge in [-0.15, -0.1) is 0 Å². The summed E-state index contributed by atoms with van der Waals surface area (Å²) in [5.74, 6) is -0.563. The van der Waals surface area contributed by atoms with Crippen molar-refractivity contribution in [3.8, 4) is 0 Å². The number of nitro groups is 1. The first-order chi connectivity index (χ1) is 15.8. The van der Waals surface area contributed by atoms with Gasteiger partial charge in [0, 0.05) is 30.2 Å². The zero-order valence-corrected chi connectivity index (χ0v) is 19.8. The molecule has 0 aliphatic carbocycles. The molecule has 1 aliphatic rings. The van der Waals surface area contributed by atoms with Gasteiger partial charge in [-0.25, -0.2) is 8.42 Å². The molecule has 2 aromatic carbocycles. The predicted octanol–water partition coefficient (Wildman–Crippen LogP) is 4.39. The van der Waals surface area contributed by atoms with Crippen molar-refractivity contribution in [3.05, 3.63) is 68.7 Å². The van der Waals surface area contributed by atoms with Crippen LogP contribution in [-0.4, -0.2) is 47.3 Å². The molecule has 0 spiro atoms. The van der Waals surface area contributed by atoms with E-state index in [9.17, 15) is 31.7 Å². The van der Waals surface area contributed by atoms with Crippen LogP contribution in [0.4, 0.5) is 24.5 Å². The summed E-state index contributed by atoms with van der Waals surface area (Å²) in [7, 11) is -5.42. The molecule has 3 rings (SSSR count). The van der Waals surface area contributed by atoms with Gasteiger partial charge >= 0.3 is 15.5 Å². The van der Waals surface area contributed by atoms with Gasteiger partial charge in [0.1, 0.15) is 5.69 Å². The number of hydrogen-bond donors (Lipinski definition) is 2. The van der Waals surface area contributed by atoms with Gasteiger partial charge in [0.05, 0.1) is 15.8 Å². The molecule has 0 bridgehead atoms. The number of sulfonamides is 1. The third-order valence-electron chi connectivity index (χ3n) is 5.48. The summed E-state index contributed by atoms with van der Waals surface area (Å²) >= 11 is 11.2. The van der Waals surface area contributed by atoms with Gasteiger partial charge in [0.2, 0.25) is 0 Å². The molecule has 0 aromatic heterocycles. The van der Waals surface area contributed by atoms with Crippen molar-refractivity contribution in [2.45, 2.75) is 30.3 Å². The van der Waals surface area contributed by atoms with Gasteiger partial charge in [-0.05, 0) is 42.2 Å². The molecule has 1 heterocycles. The number of piperidine rings is 1. The maximum absolute atomic E-state index is 12.8. The molecule has 14 heteroatoms. The van der Waals surface area contributed by atoms with Gasteiger partial charge in [-0.2, -0.15) is 17.5 Å². The van der Waals surface area contributed by atoms with Crippen molar-refractivity contribution < 1.29 is 26.5 Å². The second-order valence-corrected chi connectivity index (χ2v) is 10.5. The van der Waals surface area contributed by atoms with Gasteiger partial charge in [-0.3, -0.25) is 10.1 Å². The van der Waals surface area contributed by atoms with Crippen molar-refractivity contribution in [2.24, 2.45) is 5.73 Å². The molecule has 3 N–H and O–H groups in total. The van der Waals surface area contributed by atoms with E-state index in [0.29, 0.717) is 14.9 Å². The zero-order chi connectivity index (χ0) is 25.3. The standard InChI is InChI=1S/C20H20ClF3N4O4S2/c21-14-4-1-12(2-5-14)18(19(25)33)13-3-6-17(28(29)30)16(11-13)26-15-7-9-27(10-8-15)34(31,32)20(22,23)24/h1-6,11,15,18,26H,7-10H2,(H2,25,33). The Balaban J connectivity index is 1.86. The van der Waals surface area contributed by atoms with Crippen LogP contribution in [0.2, 0.25) is 5.02 Å². The Kier molecular flexibility index (Phi) is 7.70. The highest BCUT2D eigenvalue weighted by atomic mass is 35.5. The normalized spacial score (nSPS) is 16.7. The minimum Gasteiger partial charge on any atom is -0.393 e. The molecule has 1 aliphatic heterocycles. The molecule has 2 aromatic rings. The lowest BCUT2D eigenvalue weighted by Crippen LogP contribution is -2.47. The first-order valence-electron chi connectivity index (χ1n) is 9.97. The molecule has 0 radical (unpaired) electrons. The van der Waals surface area contributed by atoms with E-state index in [0.717, 1.165) is 5.56 Å². The first-order valence-corrected chi connectivity index (χ1v) is 12.2. The highest BCUT2D eigenvalue weighted by molar-refractivity contribution is 7.90. The highest BCUT2D eigenvalue weighted by Gasteiger charge is 2.50. The van der Waals surface area contributed by atoms with Crippen LogP contribution < -0.4 is 11.1 Å². The van der Waals surface area contributed by atoms with Gasteiger partial charge < -0.3 is 11.1 Å². The number of nitrogens with one attached hydrogen (secondary N) is 1. The summed E-state index contributed by atoms with van der Waals surface area (Å²) in [5.41, 5.74) is 1.76. The topological polar surface area (TPSA) is 119 Å². The molecule has 8 nitrogen and oxygen atoms in total. The smallest absolute Gasteiger partial charge is 0.393 e. The van der Waals surface area contributed by atoms with Crippen LogP contribution in [-0.2, 0) is 10.0 Å². The summed E-state index contributed by atoms with van der Waals surface area (Å²) in [6.45, 7) is -0.736. The third-order valence-corrected chi connectivity index (χ3v) is 7.60. The van der Waals surface area contributed by atoms with E-state index in [1.54, 1.807) is 24.3 Å². The monoisotopic (exact) mass is 536 g/mol. The van der Waals surface area contributed by atoms with Gasteiger partial charge in [-0.1, -0.05) is 42.0 Å². The molecular formula is C20H20ClF3N4O4S2. The average molecular weight is 537 g/mol. The van der Waals surface area contributed by atoms with E-state index < -0.39 is 32.4 Å². The number of nitrogens with zero attached hydrogens (tertiary/aromatic N) is 2. The van der Waals surface area contributed by atoms with Crippen LogP contribution in [0, 0.1) is 10.1 Å². The second kappa shape index (κ2) is 10.0. The molecule has 1 saturated heterocycles. The number of alkyl halides is 3. The van der Waals surface area contributed by atoms with Gasteiger partial charge in [0.25, 0.3) is 5.69 Å². The minimum atomic E-state index is -5.42. The molecule has 1 unspecified atom stereocenters. The van der Waals surface area contributed by atoms with Crippen LogP contribution in [0.15, 0.2) is 42.5 Å². The Morgan fingerprint density at radius 3 is 2.24 bits per heavy atom. The largest absolute Gasteiger partial charge is 0.511 e. The Labute approximate surface area is 204 Å². The lowest BCUT2D eigenvalue weighted by atomic mass is 9.90. The molecular weight excluding hydrogens is 517 g/mol. The number of halogens is 4. The lowest BCUT2D eigenvalue weighted by Gasteiger charge is -2.32. The Hall–Kier alpha value is -2.48. The summed E-state index contributed by atoms with van der Waals surface area (Å²) in [6.07, 6.45) is 0.0687.